The number of anilines is 2. The van der Waals surface area contributed by atoms with Gasteiger partial charge in [0.1, 0.15) is 12.1 Å². The quantitative estimate of drug-likeness (QED) is 0.769. The Balaban J connectivity index is 1.97. The highest BCUT2D eigenvalue weighted by Crippen LogP contribution is 2.26. The number of hydrogen-bond donors (Lipinski definition) is 2. The molecular formula is C16H13N5O. The van der Waals surface area contributed by atoms with Crippen molar-refractivity contribution in [3.05, 3.63) is 66.7 Å². The van der Waals surface area contributed by atoms with Gasteiger partial charge in [-0.25, -0.2) is 15.0 Å². The summed E-state index contributed by atoms with van der Waals surface area (Å²) in [5.74, 6) is 0.170. The molecule has 1 amide bonds. The molecule has 0 spiro atoms. The summed E-state index contributed by atoms with van der Waals surface area (Å²) in [5, 5.41) is 3.19. The molecule has 6 heteroatoms. The Kier molecular flexibility index (Phi) is 3.74. The second kappa shape index (κ2) is 6.01. The lowest BCUT2D eigenvalue weighted by Gasteiger charge is -2.10. The Bertz CT molecular complexity index is 804. The Labute approximate surface area is 127 Å². The number of carbonyl (C=O) groups excluding carboxylic acids is 1. The van der Waals surface area contributed by atoms with E-state index in [-0.39, 0.29) is 0 Å². The molecule has 2 aromatic heterocycles. The first kappa shape index (κ1) is 13.7. The van der Waals surface area contributed by atoms with Crippen LogP contribution in [0.25, 0.3) is 11.3 Å². The van der Waals surface area contributed by atoms with Crippen LogP contribution in [0.2, 0.25) is 0 Å². The second-order valence-electron chi connectivity index (χ2n) is 4.56. The Morgan fingerprint density at radius 1 is 1.05 bits per heavy atom. The summed E-state index contributed by atoms with van der Waals surface area (Å²) in [6, 6.07) is 12.5. The van der Waals surface area contributed by atoms with Crippen molar-refractivity contribution >= 4 is 17.4 Å². The predicted molar refractivity (Wildman–Crippen MR) is 83.5 cm³/mol. The molecule has 108 valence electrons. The molecule has 0 fully saturated rings. The number of nitrogens with zero attached hydrogens (tertiary/aromatic N) is 3. The van der Waals surface area contributed by atoms with Gasteiger partial charge in [-0.1, -0.05) is 6.07 Å². The van der Waals surface area contributed by atoms with Gasteiger partial charge in [0.2, 0.25) is 5.91 Å². The summed E-state index contributed by atoms with van der Waals surface area (Å²) in [6.45, 7) is 0. The summed E-state index contributed by atoms with van der Waals surface area (Å²) >= 11 is 0. The lowest BCUT2D eigenvalue weighted by Crippen LogP contribution is -2.11. The van der Waals surface area contributed by atoms with Gasteiger partial charge in [-0.2, -0.15) is 0 Å². The molecule has 3 aromatic rings. The van der Waals surface area contributed by atoms with Gasteiger partial charge in [0.25, 0.3) is 0 Å². The van der Waals surface area contributed by atoms with E-state index in [9.17, 15) is 4.79 Å². The third kappa shape index (κ3) is 2.90. The van der Waals surface area contributed by atoms with Crippen molar-refractivity contribution in [3.63, 3.8) is 0 Å². The van der Waals surface area contributed by atoms with Crippen molar-refractivity contribution in [1.29, 1.82) is 0 Å². The molecule has 0 aliphatic rings. The number of nitrogens with two attached hydrogens (primary N) is 1. The summed E-state index contributed by atoms with van der Waals surface area (Å²) < 4.78 is 0. The highest BCUT2D eigenvalue weighted by molar-refractivity contribution is 5.94. The molecule has 0 saturated carbocycles. The average Bonchev–Trinajstić information content (AvgIpc) is 2.56. The standard InChI is InChI=1S/C16H13N5O/c17-15(22)11-3-1-4-12(9-11)21-16-13(5-2-7-19-16)14-6-8-18-10-20-14/h1-10H,(H2,17,22)(H,19,21). The third-order valence-electron chi connectivity index (χ3n) is 3.08. The van der Waals surface area contributed by atoms with Crippen molar-refractivity contribution in [2.45, 2.75) is 0 Å². The molecule has 3 N–H and O–H groups in total. The molecule has 0 unspecified atom stereocenters. The number of aromatic nitrogens is 3. The molecular weight excluding hydrogens is 278 g/mol. The first-order valence-corrected chi connectivity index (χ1v) is 6.62. The SMILES string of the molecule is NC(=O)c1cccc(Nc2ncccc2-c2ccncn2)c1. The molecule has 0 aliphatic carbocycles. The average molecular weight is 291 g/mol. The molecule has 2 heterocycles. The van der Waals surface area contributed by atoms with Gasteiger partial charge in [0, 0.05) is 29.2 Å². The van der Waals surface area contributed by atoms with E-state index >= 15 is 0 Å². The number of primary amides is 1. The number of nitrogens with one attached hydrogen (secondary N) is 1. The fourth-order valence-corrected chi connectivity index (χ4v) is 2.05. The molecule has 0 saturated heterocycles. The summed E-state index contributed by atoms with van der Waals surface area (Å²) in [4.78, 5) is 23.7. The van der Waals surface area contributed by atoms with Gasteiger partial charge in [0.15, 0.2) is 0 Å². The number of hydrogen-bond acceptors (Lipinski definition) is 5. The molecule has 6 nitrogen and oxygen atoms in total. The molecule has 3 rings (SSSR count). The van der Waals surface area contributed by atoms with Gasteiger partial charge in [-0.3, -0.25) is 4.79 Å². The van der Waals surface area contributed by atoms with Gasteiger partial charge < -0.3 is 11.1 Å². The van der Waals surface area contributed by atoms with Crippen LogP contribution in [0.3, 0.4) is 0 Å². The minimum atomic E-state index is -0.472. The van der Waals surface area contributed by atoms with Crippen LogP contribution < -0.4 is 11.1 Å². The number of benzene rings is 1. The summed E-state index contributed by atoms with van der Waals surface area (Å²) in [7, 11) is 0. The number of rotatable bonds is 4. The van der Waals surface area contributed by atoms with E-state index in [4.69, 9.17) is 5.73 Å². The highest BCUT2D eigenvalue weighted by atomic mass is 16.1. The Morgan fingerprint density at radius 3 is 2.73 bits per heavy atom. The van der Waals surface area contributed by atoms with E-state index in [1.807, 2.05) is 24.3 Å². The van der Waals surface area contributed by atoms with Gasteiger partial charge in [-0.05, 0) is 36.4 Å². The maximum Gasteiger partial charge on any atom is 0.248 e. The van der Waals surface area contributed by atoms with E-state index in [1.165, 1.54) is 6.33 Å². The van der Waals surface area contributed by atoms with E-state index < -0.39 is 5.91 Å². The second-order valence-corrected chi connectivity index (χ2v) is 4.56. The Hall–Kier alpha value is -3.28. The predicted octanol–water partition coefficient (Wildman–Crippen LogP) is 2.38. The molecule has 0 atom stereocenters. The van der Waals surface area contributed by atoms with Gasteiger partial charge >= 0.3 is 0 Å². The minimum absolute atomic E-state index is 0.435. The van der Waals surface area contributed by atoms with E-state index in [2.05, 4.69) is 20.3 Å². The molecule has 0 aliphatic heterocycles. The zero-order valence-corrected chi connectivity index (χ0v) is 11.6. The highest BCUT2D eigenvalue weighted by Gasteiger charge is 2.08. The van der Waals surface area contributed by atoms with Crippen LogP contribution in [0, 0.1) is 0 Å². The van der Waals surface area contributed by atoms with Crippen molar-refractivity contribution in [2.24, 2.45) is 5.73 Å². The topological polar surface area (TPSA) is 93.8 Å². The smallest absolute Gasteiger partial charge is 0.248 e. The summed E-state index contributed by atoms with van der Waals surface area (Å²) in [5.41, 5.74) is 8.06. The lowest BCUT2D eigenvalue weighted by atomic mass is 10.1. The van der Waals surface area contributed by atoms with E-state index in [1.54, 1.807) is 30.6 Å². The van der Waals surface area contributed by atoms with Crippen molar-refractivity contribution in [3.8, 4) is 11.3 Å². The van der Waals surface area contributed by atoms with Crippen molar-refractivity contribution in [2.75, 3.05) is 5.32 Å². The number of carbonyl (C=O) groups is 1. The maximum atomic E-state index is 11.3. The Morgan fingerprint density at radius 2 is 1.95 bits per heavy atom. The van der Waals surface area contributed by atoms with E-state index in [0.717, 1.165) is 16.9 Å². The number of amides is 1. The van der Waals surface area contributed by atoms with Crippen LogP contribution in [0.5, 0.6) is 0 Å². The fraction of sp³-hybridized carbons (Fsp3) is 0. The first-order valence-electron chi connectivity index (χ1n) is 6.62. The van der Waals surface area contributed by atoms with Gasteiger partial charge in [-0.15, -0.1) is 0 Å². The largest absolute Gasteiger partial charge is 0.366 e. The minimum Gasteiger partial charge on any atom is -0.366 e. The van der Waals surface area contributed by atoms with Crippen LogP contribution in [0.1, 0.15) is 10.4 Å². The first-order chi connectivity index (χ1) is 10.7. The van der Waals surface area contributed by atoms with Crippen molar-refractivity contribution < 1.29 is 4.79 Å². The van der Waals surface area contributed by atoms with E-state index in [0.29, 0.717) is 11.4 Å². The van der Waals surface area contributed by atoms with Crippen molar-refractivity contribution in [1.82, 2.24) is 15.0 Å². The zero-order valence-electron chi connectivity index (χ0n) is 11.6. The molecule has 1 aromatic carbocycles. The van der Waals surface area contributed by atoms with Crippen LogP contribution in [-0.2, 0) is 0 Å². The van der Waals surface area contributed by atoms with Crippen LogP contribution in [-0.4, -0.2) is 20.9 Å². The lowest BCUT2D eigenvalue weighted by molar-refractivity contribution is 0.100. The summed E-state index contributed by atoms with van der Waals surface area (Å²) in [6.07, 6.45) is 4.84. The van der Waals surface area contributed by atoms with Crippen LogP contribution >= 0.6 is 0 Å². The maximum absolute atomic E-state index is 11.3. The molecule has 22 heavy (non-hydrogen) atoms. The van der Waals surface area contributed by atoms with Crippen LogP contribution in [0.15, 0.2) is 61.2 Å². The zero-order chi connectivity index (χ0) is 15.4. The monoisotopic (exact) mass is 291 g/mol. The fourth-order valence-electron chi connectivity index (χ4n) is 2.05. The molecule has 0 radical (unpaired) electrons. The normalized spacial score (nSPS) is 10.2. The number of pyridine rings is 1. The van der Waals surface area contributed by atoms with Gasteiger partial charge in [0.05, 0.1) is 5.69 Å². The molecule has 0 bridgehead atoms. The third-order valence-corrected chi connectivity index (χ3v) is 3.08. The van der Waals surface area contributed by atoms with Crippen LogP contribution in [0.4, 0.5) is 11.5 Å².